The molecular weight excluding hydrogens is 199 g/mol. The van der Waals surface area contributed by atoms with Crippen molar-refractivity contribution in [3.8, 4) is 0 Å². The number of ether oxygens (including phenoxy) is 1. The largest absolute Gasteiger partial charge is 0.380 e. The number of nitrogens with one attached hydrogen (secondary N) is 1. The molecule has 0 spiro atoms. The number of halogens is 1. The molecule has 4 nitrogen and oxygen atoms in total. The number of carbonyl (C=O) groups excluding carboxylic acids is 1. The second-order valence-corrected chi connectivity index (χ2v) is 2.80. The Balaban J connectivity index is 2.40. The van der Waals surface area contributed by atoms with Gasteiger partial charge in [-0.3, -0.25) is 4.79 Å². The molecule has 0 saturated heterocycles. The highest BCUT2D eigenvalue weighted by atomic mass is 19.1. The van der Waals surface area contributed by atoms with Gasteiger partial charge in [-0.1, -0.05) is 6.07 Å². The summed E-state index contributed by atoms with van der Waals surface area (Å²) in [6.07, 6.45) is 0. The van der Waals surface area contributed by atoms with Crippen LogP contribution in [0.2, 0.25) is 0 Å². The van der Waals surface area contributed by atoms with Crippen LogP contribution in [0, 0.1) is 5.95 Å². The van der Waals surface area contributed by atoms with Crippen molar-refractivity contribution < 1.29 is 13.9 Å². The molecule has 0 unspecified atom stereocenters. The number of hydrogen-bond acceptors (Lipinski definition) is 3. The first kappa shape index (κ1) is 11.6. The predicted molar refractivity (Wildman–Crippen MR) is 53.0 cm³/mol. The fourth-order valence-electron chi connectivity index (χ4n) is 1.01. The van der Waals surface area contributed by atoms with Crippen molar-refractivity contribution in [1.82, 2.24) is 10.3 Å². The van der Waals surface area contributed by atoms with Gasteiger partial charge in [0.1, 0.15) is 5.69 Å². The molecule has 0 aliphatic carbocycles. The van der Waals surface area contributed by atoms with E-state index in [4.69, 9.17) is 4.74 Å². The lowest BCUT2D eigenvalue weighted by Crippen LogP contribution is -2.28. The van der Waals surface area contributed by atoms with Crippen LogP contribution >= 0.6 is 0 Å². The predicted octanol–water partition coefficient (Wildman–Crippen LogP) is 0.987. The fourth-order valence-corrected chi connectivity index (χ4v) is 1.01. The molecule has 0 radical (unpaired) electrons. The molecule has 1 amide bonds. The number of amides is 1. The monoisotopic (exact) mass is 212 g/mol. The van der Waals surface area contributed by atoms with Crippen LogP contribution in [0.25, 0.3) is 0 Å². The number of hydrogen-bond donors (Lipinski definition) is 1. The lowest BCUT2D eigenvalue weighted by molar-refractivity contribution is 0.0916. The molecule has 1 aromatic rings. The van der Waals surface area contributed by atoms with Gasteiger partial charge in [-0.05, 0) is 19.1 Å². The van der Waals surface area contributed by atoms with Crippen molar-refractivity contribution in [2.45, 2.75) is 6.92 Å². The first-order valence-corrected chi connectivity index (χ1v) is 4.72. The summed E-state index contributed by atoms with van der Waals surface area (Å²) in [5.74, 6) is -1.05. The maximum absolute atomic E-state index is 12.7. The van der Waals surface area contributed by atoms with E-state index >= 15 is 0 Å². The van der Waals surface area contributed by atoms with Crippen LogP contribution in [-0.4, -0.2) is 30.6 Å². The molecule has 15 heavy (non-hydrogen) atoms. The van der Waals surface area contributed by atoms with Gasteiger partial charge in [-0.25, -0.2) is 4.98 Å². The molecule has 1 N–H and O–H groups in total. The molecule has 1 rings (SSSR count). The van der Waals surface area contributed by atoms with Crippen LogP contribution in [0.3, 0.4) is 0 Å². The number of nitrogens with zero attached hydrogens (tertiary/aromatic N) is 1. The zero-order valence-corrected chi connectivity index (χ0v) is 8.50. The van der Waals surface area contributed by atoms with Crippen molar-refractivity contribution in [1.29, 1.82) is 0 Å². The molecule has 0 atom stereocenters. The average molecular weight is 212 g/mol. The van der Waals surface area contributed by atoms with Crippen LogP contribution in [0.1, 0.15) is 17.4 Å². The second kappa shape index (κ2) is 6.08. The lowest BCUT2D eigenvalue weighted by atomic mass is 10.3. The molecule has 5 heteroatoms. The Labute approximate surface area is 87.5 Å². The van der Waals surface area contributed by atoms with Crippen LogP contribution in [-0.2, 0) is 4.74 Å². The SMILES string of the molecule is CCOCCNC(=O)c1cccc(F)n1. The van der Waals surface area contributed by atoms with Gasteiger partial charge in [-0.2, -0.15) is 4.39 Å². The highest BCUT2D eigenvalue weighted by molar-refractivity contribution is 5.92. The number of rotatable bonds is 5. The first-order chi connectivity index (χ1) is 7.24. The lowest BCUT2D eigenvalue weighted by Gasteiger charge is -2.04. The van der Waals surface area contributed by atoms with Gasteiger partial charge in [-0.15, -0.1) is 0 Å². The smallest absolute Gasteiger partial charge is 0.270 e. The van der Waals surface area contributed by atoms with E-state index in [0.717, 1.165) is 0 Å². The zero-order chi connectivity index (χ0) is 11.1. The van der Waals surface area contributed by atoms with Crippen molar-refractivity contribution in [3.05, 3.63) is 29.8 Å². The fraction of sp³-hybridized carbons (Fsp3) is 0.400. The van der Waals surface area contributed by atoms with Gasteiger partial charge in [0.15, 0.2) is 0 Å². The average Bonchev–Trinajstić information content (AvgIpc) is 2.24. The first-order valence-electron chi connectivity index (χ1n) is 4.72. The van der Waals surface area contributed by atoms with E-state index in [1.54, 1.807) is 0 Å². The van der Waals surface area contributed by atoms with Gasteiger partial charge in [0.05, 0.1) is 6.61 Å². The van der Waals surface area contributed by atoms with E-state index in [0.29, 0.717) is 19.8 Å². The van der Waals surface area contributed by atoms with E-state index in [1.807, 2.05) is 6.92 Å². The summed E-state index contributed by atoms with van der Waals surface area (Å²) in [6.45, 7) is 3.31. The zero-order valence-electron chi connectivity index (χ0n) is 8.50. The third kappa shape index (κ3) is 4.03. The standard InChI is InChI=1S/C10H13FN2O2/c1-2-15-7-6-12-10(14)8-4-3-5-9(11)13-8/h3-5H,2,6-7H2,1H3,(H,12,14). The Morgan fingerprint density at radius 2 is 2.40 bits per heavy atom. The van der Waals surface area contributed by atoms with Crippen molar-refractivity contribution in [2.24, 2.45) is 0 Å². The summed E-state index contributed by atoms with van der Waals surface area (Å²) >= 11 is 0. The van der Waals surface area contributed by atoms with Crippen molar-refractivity contribution in [2.75, 3.05) is 19.8 Å². The topological polar surface area (TPSA) is 51.2 Å². The van der Waals surface area contributed by atoms with E-state index < -0.39 is 11.9 Å². The molecular formula is C10H13FN2O2. The Bertz CT molecular complexity index is 331. The van der Waals surface area contributed by atoms with Crippen LogP contribution in [0.4, 0.5) is 4.39 Å². The number of aromatic nitrogens is 1. The summed E-state index contributed by atoms with van der Waals surface area (Å²) in [7, 11) is 0. The van der Waals surface area contributed by atoms with Crippen molar-refractivity contribution in [3.63, 3.8) is 0 Å². The maximum Gasteiger partial charge on any atom is 0.270 e. The number of carbonyl (C=O) groups is 1. The molecule has 0 aromatic carbocycles. The summed E-state index contributed by atoms with van der Waals surface area (Å²) in [5.41, 5.74) is 0.0755. The Hall–Kier alpha value is -1.49. The van der Waals surface area contributed by atoms with Gasteiger partial charge in [0, 0.05) is 13.2 Å². The highest BCUT2D eigenvalue weighted by Crippen LogP contribution is 1.97. The van der Waals surface area contributed by atoms with Gasteiger partial charge in [0.25, 0.3) is 5.91 Å². The summed E-state index contributed by atoms with van der Waals surface area (Å²) in [4.78, 5) is 14.8. The van der Waals surface area contributed by atoms with E-state index in [1.165, 1.54) is 18.2 Å². The molecule has 0 fully saturated rings. The maximum atomic E-state index is 12.7. The van der Waals surface area contributed by atoms with Crippen molar-refractivity contribution >= 4 is 5.91 Å². The minimum Gasteiger partial charge on any atom is -0.380 e. The molecule has 0 aliphatic heterocycles. The minimum absolute atomic E-state index is 0.0755. The van der Waals surface area contributed by atoms with Crippen LogP contribution in [0.5, 0.6) is 0 Å². The second-order valence-electron chi connectivity index (χ2n) is 2.80. The Morgan fingerprint density at radius 3 is 3.07 bits per heavy atom. The van der Waals surface area contributed by atoms with Gasteiger partial charge < -0.3 is 10.1 Å². The number of pyridine rings is 1. The quantitative estimate of drug-likeness (QED) is 0.585. The Kier molecular flexibility index (Phi) is 4.70. The third-order valence-corrected chi connectivity index (χ3v) is 1.68. The van der Waals surface area contributed by atoms with Gasteiger partial charge >= 0.3 is 0 Å². The molecule has 0 aliphatic rings. The molecule has 0 saturated carbocycles. The van der Waals surface area contributed by atoms with Crippen LogP contribution in [0.15, 0.2) is 18.2 Å². The summed E-state index contributed by atoms with van der Waals surface area (Å²) in [5, 5.41) is 2.57. The third-order valence-electron chi connectivity index (χ3n) is 1.68. The summed E-state index contributed by atoms with van der Waals surface area (Å²) < 4.78 is 17.7. The Morgan fingerprint density at radius 1 is 1.60 bits per heavy atom. The summed E-state index contributed by atoms with van der Waals surface area (Å²) in [6, 6.07) is 4.09. The van der Waals surface area contributed by atoms with Gasteiger partial charge in [0.2, 0.25) is 5.95 Å². The molecule has 1 aromatic heterocycles. The van der Waals surface area contributed by atoms with Crippen LogP contribution < -0.4 is 5.32 Å². The minimum atomic E-state index is -0.660. The normalized spacial score (nSPS) is 10.0. The molecule has 1 heterocycles. The highest BCUT2D eigenvalue weighted by Gasteiger charge is 2.06. The van der Waals surface area contributed by atoms with E-state index in [-0.39, 0.29) is 5.69 Å². The molecule has 0 bridgehead atoms. The molecule has 82 valence electrons. The van der Waals surface area contributed by atoms with E-state index in [2.05, 4.69) is 10.3 Å². The van der Waals surface area contributed by atoms with E-state index in [9.17, 15) is 9.18 Å².